The highest BCUT2D eigenvalue weighted by molar-refractivity contribution is 5.65. The number of carbonyl (C=O) groups is 1. The van der Waals surface area contributed by atoms with Gasteiger partial charge in [-0.15, -0.1) is 0 Å². The molecule has 2 fully saturated rings. The number of nitrogens with zero attached hydrogens (tertiary/aromatic N) is 1. The van der Waals surface area contributed by atoms with Crippen molar-refractivity contribution >= 4 is 6.09 Å². The van der Waals surface area contributed by atoms with Gasteiger partial charge in [-0.05, 0) is 24.7 Å². The van der Waals surface area contributed by atoms with Crippen LogP contribution in [0.2, 0.25) is 0 Å². The van der Waals surface area contributed by atoms with E-state index in [1.54, 1.807) is 4.90 Å². The summed E-state index contributed by atoms with van der Waals surface area (Å²) >= 11 is 0. The van der Waals surface area contributed by atoms with Gasteiger partial charge in [0.2, 0.25) is 0 Å². The summed E-state index contributed by atoms with van der Waals surface area (Å²) in [5.41, 5.74) is 0. The molecular weight excluding hydrogens is 154 g/mol. The molecule has 2 rings (SSSR count). The molecule has 2 aliphatic rings. The predicted octanol–water partition coefficient (Wildman–Crippen LogP) is 1.79. The molecule has 0 aromatic carbocycles. The lowest BCUT2D eigenvalue weighted by atomic mass is 9.89. The zero-order valence-corrected chi connectivity index (χ0v) is 7.20. The van der Waals surface area contributed by atoms with Crippen LogP contribution in [0, 0.1) is 11.8 Å². The van der Waals surface area contributed by atoms with E-state index in [2.05, 4.69) is 0 Å². The zero-order chi connectivity index (χ0) is 8.55. The minimum atomic E-state index is -0.736. The standard InChI is InChI=1S/C9H15NO2/c11-9(12)10-5-4-7-2-1-3-8(7)6-10/h7-8H,1-6H2,(H,11,12). The maximum atomic E-state index is 10.7. The Kier molecular flexibility index (Phi) is 1.95. The Morgan fingerprint density at radius 1 is 1.25 bits per heavy atom. The summed E-state index contributed by atoms with van der Waals surface area (Å²) < 4.78 is 0. The molecule has 3 heteroatoms. The van der Waals surface area contributed by atoms with Crippen molar-refractivity contribution in [1.29, 1.82) is 0 Å². The molecule has 2 unspecified atom stereocenters. The fraction of sp³-hybridized carbons (Fsp3) is 0.889. The van der Waals surface area contributed by atoms with Crippen LogP contribution in [0.25, 0.3) is 0 Å². The number of piperidine rings is 1. The van der Waals surface area contributed by atoms with E-state index in [1.165, 1.54) is 19.3 Å². The van der Waals surface area contributed by atoms with Crippen LogP contribution >= 0.6 is 0 Å². The minimum Gasteiger partial charge on any atom is -0.465 e. The quantitative estimate of drug-likeness (QED) is 0.600. The highest BCUT2D eigenvalue weighted by Gasteiger charge is 2.34. The molecule has 1 N–H and O–H groups in total. The average Bonchev–Trinajstić information content (AvgIpc) is 2.49. The van der Waals surface area contributed by atoms with Gasteiger partial charge >= 0.3 is 6.09 Å². The summed E-state index contributed by atoms with van der Waals surface area (Å²) in [5.74, 6) is 1.51. The topological polar surface area (TPSA) is 40.5 Å². The normalized spacial score (nSPS) is 34.8. The monoisotopic (exact) mass is 169 g/mol. The third-order valence-corrected chi connectivity index (χ3v) is 3.31. The van der Waals surface area contributed by atoms with E-state index in [0.717, 1.165) is 25.4 Å². The van der Waals surface area contributed by atoms with Crippen LogP contribution in [0.4, 0.5) is 4.79 Å². The largest absolute Gasteiger partial charge is 0.465 e. The molecule has 1 saturated carbocycles. The molecule has 0 aromatic rings. The first kappa shape index (κ1) is 7.90. The number of likely N-dealkylation sites (tertiary alicyclic amines) is 1. The first-order chi connectivity index (χ1) is 5.77. The van der Waals surface area contributed by atoms with Crippen molar-refractivity contribution in [2.45, 2.75) is 25.7 Å². The van der Waals surface area contributed by atoms with Crippen LogP contribution in [0.15, 0.2) is 0 Å². The lowest BCUT2D eigenvalue weighted by molar-refractivity contribution is 0.106. The molecule has 2 atom stereocenters. The highest BCUT2D eigenvalue weighted by atomic mass is 16.4. The molecule has 3 nitrogen and oxygen atoms in total. The zero-order valence-electron chi connectivity index (χ0n) is 7.20. The number of hydrogen-bond donors (Lipinski definition) is 1. The summed E-state index contributed by atoms with van der Waals surface area (Å²) in [6.07, 6.45) is 4.24. The van der Waals surface area contributed by atoms with Gasteiger partial charge in [-0.25, -0.2) is 4.79 Å². The van der Waals surface area contributed by atoms with Crippen LogP contribution < -0.4 is 0 Å². The van der Waals surface area contributed by atoms with E-state index < -0.39 is 6.09 Å². The molecule has 0 aromatic heterocycles. The highest BCUT2D eigenvalue weighted by Crippen LogP contribution is 2.37. The molecule has 0 bridgehead atoms. The number of hydrogen-bond acceptors (Lipinski definition) is 1. The van der Waals surface area contributed by atoms with Gasteiger partial charge in [-0.3, -0.25) is 0 Å². The van der Waals surface area contributed by atoms with Crippen molar-refractivity contribution in [2.24, 2.45) is 11.8 Å². The molecule has 68 valence electrons. The van der Waals surface area contributed by atoms with Gasteiger partial charge in [0.25, 0.3) is 0 Å². The summed E-state index contributed by atoms with van der Waals surface area (Å²) in [5, 5.41) is 8.78. The Labute approximate surface area is 72.4 Å². The number of carboxylic acid groups (broad SMARTS) is 1. The second-order valence-electron chi connectivity index (χ2n) is 3.97. The van der Waals surface area contributed by atoms with Crippen molar-refractivity contribution in [3.05, 3.63) is 0 Å². The lowest BCUT2D eigenvalue weighted by Gasteiger charge is -2.33. The van der Waals surface area contributed by atoms with Crippen LogP contribution in [0.1, 0.15) is 25.7 Å². The van der Waals surface area contributed by atoms with Gasteiger partial charge in [0.1, 0.15) is 0 Å². The molecule has 0 spiro atoms. The maximum Gasteiger partial charge on any atom is 0.407 e. The molecule has 1 aliphatic heterocycles. The lowest BCUT2D eigenvalue weighted by Crippen LogP contribution is -2.41. The van der Waals surface area contributed by atoms with Crippen LogP contribution in [-0.2, 0) is 0 Å². The van der Waals surface area contributed by atoms with E-state index >= 15 is 0 Å². The van der Waals surface area contributed by atoms with E-state index in [0.29, 0.717) is 5.92 Å². The van der Waals surface area contributed by atoms with E-state index in [4.69, 9.17) is 5.11 Å². The Balaban J connectivity index is 1.96. The number of amides is 1. The van der Waals surface area contributed by atoms with Crippen molar-refractivity contribution in [3.63, 3.8) is 0 Å². The smallest absolute Gasteiger partial charge is 0.407 e. The summed E-state index contributed by atoms with van der Waals surface area (Å²) in [6.45, 7) is 1.55. The van der Waals surface area contributed by atoms with Crippen molar-refractivity contribution in [3.8, 4) is 0 Å². The fourth-order valence-corrected chi connectivity index (χ4v) is 2.60. The van der Waals surface area contributed by atoms with Crippen molar-refractivity contribution < 1.29 is 9.90 Å². The van der Waals surface area contributed by atoms with Gasteiger partial charge in [0.15, 0.2) is 0 Å². The summed E-state index contributed by atoms with van der Waals surface area (Å²) in [6, 6.07) is 0. The van der Waals surface area contributed by atoms with Crippen molar-refractivity contribution in [2.75, 3.05) is 13.1 Å². The van der Waals surface area contributed by atoms with E-state index in [9.17, 15) is 4.79 Å². The number of rotatable bonds is 0. The maximum absolute atomic E-state index is 10.7. The first-order valence-corrected chi connectivity index (χ1v) is 4.75. The first-order valence-electron chi connectivity index (χ1n) is 4.75. The second-order valence-corrected chi connectivity index (χ2v) is 3.97. The molecule has 1 aliphatic carbocycles. The van der Waals surface area contributed by atoms with E-state index in [-0.39, 0.29) is 0 Å². The third-order valence-electron chi connectivity index (χ3n) is 3.31. The Morgan fingerprint density at radius 2 is 2.00 bits per heavy atom. The van der Waals surface area contributed by atoms with Gasteiger partial charge in [0, 0.05) is 13.1 Å². The summed E-state index contributed by atoms with van der Waals surface area (Å²) in [4.78, 5) is 12.2. The molecule has 1 amide bonds. The molecule has 0 radical (unpaired) electrons. The van der Waals surface area contributed by atoms with Gasteiger partial charge in [-0.2, -0.15) is 0 Å². The van der Waals surface area contributed by atoms with Crippen LogP contribution in [0.3, 0.4) is 0 Å². The third kappa shape index (κ3) is 1.28. The average molecular weight is 169 g/mol. The van der Waals surface area contributed by atoms with Crippen molar-refractivity contribution in [1.82, 2.24) is 4.90 Å². The summed E-state index contributed by atoms with van der Waals surface area (Å²) in [7, 11) is 0. The second kappa shape index (κ2) is 2.96. The van der Waals surface area contributed by atoms with E-state index in [1.807, 2.05) is 0 Å². The van der Waals surface area contributed by atoms with Gasteiger partial charge < -0.3 is 10.0 Å². The SMILES string of the molecule is O=C(O)N1CCC2CCCC2C1. The predicted molar refractivity (Wildman–Crippen MR) is 45.0 cm³/mol. The van der Waals surface area contributed by atoms with Crippen LogP contribution in [-0.4, -0.2) is 29.2 Å². The molecule has 1 saturated heterocycles. The van der Waals surface area contributed by atoms with Gasteiger partial charge in [0.05, 0.1) is 0 Å². The Morgan fingerprint density at radius 3 is 2.75 bits per heavy atom. The van der Waals surface area contributed by atoms with Crippen LogP contribution in [0.5, 0.6) is 0 Å². The Hall–Kier alpha value is -0.730. The molecule has 12 heavy (non-hydrogen) atoms. The Bertz CT molecular complexity index is 193. The molecule has 1 heterocycles. The van der Waals surface area contributed by atoms with Gasteiger partial charge in [-0.1, -0.05) is 12.8 Å². The molecular formula is C9H15NO2. The number of fused-ring (bicyclic) bond motifs is 1. The fourth-order valence-electron chi connectivity index (χ4n) is 2.60. The minimum absolute atomic E-state index is 0.676.